The molecule has 1 aromatic heterocycles. The number of benzene rings is 3. The molecule has 0 radical (unpaired) electrons. The molecule has 166 valence electrons. The Labute approximate surface area is 186 Å². The average Bonchev–Trinajstić information content (AvgIpc) is 3.29. The first kappa shape index (κ1) is 21.9. The normalized spacial score (nSPS) is 11.2. The first-order valence-electron chi connectivity index (χ1n) is 9.78. The van der Waals surface area contributed by atoms with Crippen molar-refractivity contribution in [2.24, 2.45) is 0 Å². The summed E-state index contributed by atoms with van der Waals surface area (Å²) in [4.78, 5) is 28.9. The number of hydrogen-bond donors (Lipinski definition) is 0. The fourth-order valence-electron chi connectivity index (χ4n) is 3.07. The van der Waals surface area contributed by atoms with Crippen molar-refractivity contribution in [3.63, 3.8) is 0 Å². The summed E-state index contributed by atoms with van der Waals surface area (Å²) in [6, 6.07) is 21.4. The zero-order valence-electron chi connectivity index (χ0n) is 17.0. The average molecular weight is 451 g/mol. The van der Waals surface area contributed by atoms with Crippen molar-refractivity contribution in [2.75, 3.05) is 6.61 Å². The molecule has 0 saturated heterocycles. The number of ether oxygens (including phenoxy) is 1. The molecule has 0 spiro atoms. The number of esters is 1. The highest BCUT2D eigenvalue weighted by Crippen LogP contribution is 2.31. The van der Waals surface area contributed by atoms with Gasteiger partial charge in [-0.05, 0) is 18.2 Å². The Hall–Kier alpha value is -4.27. The fourth-order valence-corrected chi connectivity index (χ4v) is 3.07. The van der Waals surface area contributed by atoms with Gasteiger partial charge in [0.25, 0.3) is 5.82 Å². The van der Waals surface area contributed by atoms with Crippen molar-refractivity contribution in [3.05, 3.63) is 102 Å². The van der Waals surface area contributed by atoms with Crippen molar-refractivity contribution in [1.82, 2.24) is 14.8 Å². The van der Waals surface area contributed by atoms with Gasteiger partial charge in [0.1, 0.15) is 0 Å². The number of aromatic nitrogens is 3. The van der Waals surface area contributed by atoms with Crippen LogP contribution in [0, 0.1) is 0 Å². The van der Waals surface area contributed by atoms with Crippen molar-refractivity contribution in [3.8, 4) is 17.1 Å². The second-order valence-corrected chi connectivity index (χ2v) is 6.95. The van der Waals surface area contributed by atoms with Crippen LogP contribution in [-0.4, -0.2) is 33.1 Å². The molecule has 0 amide bonds. The highest BCUT2D eigenvalue weighted by molar-refractivity contribution is 5.98. The maximum Gasteiger partial charge on any atom is 0.416 e. The van der Waals surface area contributed by atoms with E-state index >= 15 is 0 Å². The smallest absolute Gasteiger partial charge is 0.416 e. The highest BCUT2D eigenvalue weighted by atomic mass is 19.4. The number of carbonyl (C=O) groups is 2. The van der Waals surface area contributed by atoms with Crippen molar-refractivity contribution in [2.45, 2.75) is 6.18 Å². The van der Waals surface area contributed by atoms with Crippen LogP contribution in [0.3, 0.4) is 0 Å². The maximum absolute atomic E-state index is 13.2. The molecular weight excluding hydrogens is 435 g/mol. The van der Waals surface area contributed by atoms with Gasteiger partial charge in [-0.2, -0.15) is 13.2 Å². The van der Waals surface area contributed by atoms with Crippen LogP contribution in [0.4, 0.5) is 13.2 Å². The summed E-state index contributed by atoms with van der Waals surface area (Å²) >= 11 is 0. The molecule has 0 aliphatic rings. The summed E-state index contributed by atoms with van der Waals surface area (Å²) in [5.41, 5.74) is 0.0993. The van der Waals surface area contributed by atoms with Crippen molar-refractivity contribution >= 4 is 11.8 Å². The SMILES string of the molecule is O=C(COC(=O)c1nc(-c2ccccc2)n(-c2cccc(C(F)(F)F)c2)n1)c1ccccc1. The number of Topliss-reactive ketones (excluding diaryl/α,β-unsaturated/α-hetero) is 1. The van der Waals surface area contributed by atoms with E-state index in [0.717, 1.165) is 16.8 Å². The monoisotopic (exact) mass is 451 g/mol. The van der Waals surface area contributed by atoms with Crippen LogP contribution in [0.5, 0.6) is 0 Å². The minimum absolute atomic E-state index is 0.0654. The Morgan fingerprint density at radius 3 is 2.21 bits per heavy atom. The molecule has 4 rings (SSSR count). The summed E-state index contributed by atoms with van der Waals surface area (Å²) in [5.74, 6) is -1.62. The van der Waals surface area contributed by atoms with E-state index in [9.17, 15) is 22.8 Å². The van der Waals surface area contributed by atoms with Crippen molar-refractivity contribution < 1.29 is 27.5 Å². The summed E-state index contributed by atoms with van der Waals surface area (Å²) in [6.45, 7) is -0.526. The lowest BCUT2D eigenvalue weighted by molar-refractivity contribution is -0.137. The zero-order chi connectivity index (χ0) is 23.4. The lowest BCUT2D eigenvalue weighted by Gasteiger charge is -2.10. The Bertz CT molecular complexity index is 1290. The van der Waals surface area contributed by atoms with Gasteiger partial charge in [0, 0.05) is 11.1 Å². The lowest BCUT2D eigenvalue weighted by Crippen LogP contribution is -2.15. The molecule has 0 bridgehead atoms. The molecule has 4 aromatic rings. The largest absolute Gasteiger partial charge is 0.451 e. The Kier molecular flexibility index (Phi) is 6.03. The van der Waals surface area contributed by atoms with Crippen LogP contribution in [-0.2, 0) is 10.9 Å². The topological polar surface area (TPSA) is 74.1 Å². The molecule has 9 heteroatoms. The number of rotatable bonds is 6. The van der Waals surface area contributed by atoms with Crippen LogP contribution in [0.2, 0.25) is 0 Å². The minimum atomic E-state index is -4.55. The van der Waals surface area contributed by atoms with E-state index in [1.807, 2.05) is 0 Å². The number of alkyl halides is 3. The van der Waals surface area contributed by atoms with Gasteiger partial charge in [0.2, 0.25) is 0 Å². The van der Waals surface area contributed by atoms with Gasteiger partial charge < -0.3 is 4.74 Å². The molecule has 3 aromatic carbocycles. The third-order valence-electron chi connectivity index (χ3n) is 4.67. The van der Waals surface area contributed by atoms with Crippen LogP contribution in [0.1, 0.15) is 26.5 Å². The van der Waals surface area contributed by atoms with Crippen molar-refractivity contribution in [1.29, 1.82) is 0 Å². The van der Waals surface area contributed by atoms with E-state index < -0.39 is 30.1 Å². The Morgan fingerprint density at radius 1 is 0.879 bits per heavy atom. The quantitative estimate of drug-likeness (QED) is 0.305. The molecule has 0 atom stereocenters. The summed E-state index contributed by atoms with van der Waals surface area (Å²) in [6.07, 6.45) is -4.55. The van der Waals surface area contributed by atoms with Gasteiger partial charge in [-0.1, -0.05) is 66.7 Å². The molecule has 6 nitrogen and oxygen atoms in total. The van der Waals surface area contributed by atoms with Gasteiger partial charge >= 0.3 is 12.1 Å². The molecule has 0 aliphatic heterocycles. The maximum atomic E-state index is 13.2. The Morgan fingerprint density at radius 2 is 1.55 bits per heavy atom. The molecular formula is C24H16F3N3O3. The zero-order valence-corrected chi connectivity index (χ0v) is 17.0. The number of nitrogens with zero attached hydrogens (tertiary/aromatic N) is 3. The first-order valence-corrected chi connectivity index (χ1v) is 9.78. The summed E-state index contributed by atoms with van der Waals surface area (Å²) in [7, 11) is 0. The number of ketones is 1. The predicted octanol–water partition coefficient (Wildman–Crippen LogP) is 4.99. The molecule has 0 aliphatic carbocycles. The number of carbonyl (C=O) groups excluding carboxylic acids is 2. The third kappa shape index (κ3) is 4.98. The van der Waals surface area contributed by atoms with E-state index in [1.165, 1.54) is 12.1 Å². The minimum Gasteiger partial charge on any atom is -0.451 e. The van der Waals surface area contributed by atoms with Gasteiger partial charge in [-0.25, -0.2) is 14.5 Å². The van der Waals surface area contributed by atoms with Crippen LogP contribution >= 0.6 is 0 Å². The van der Waals surface area contributed by atoms with E-state index in [4.69, 9.17) is 4.74 Å². The molecule has 0 unspecified atom stereocenters. The van der Waals surface area contributed by atoms with Gasteiger partial charge in [0.15, 0.2) is 18.2 Å². The van der Waals surface area contributed by atoms with E-state index in [2.05, 4.69) is 10.1 Å². The van der Waals surface area contributed by atoms with Crippen LogP contribution in [0.25, 0.3) is 17.1 Å². The number of halogens is 3. The van der Waals surface area contributed by atoms with Gasteiger partial charge in [0.05, 0.1) is 11.3 Å². The van der Waals surface area contributed by atoms with Gasteiger partial charge in [-0.3, -0.25) is 4.79 Å². The molecule has 0 fully saturated rings. The standard InChI is InChI=1S/C24H16F3N3O3/c25-24(26,27)18-12-7-13-19(14-18)30-22(17-10-5-2-6-11-17)28-21(29-30)23(32)33-15-20(31)16-8-3-1-4-9-16/h1-14H,15H2. The van der Waals surface area contributed by atoms with E-state index in [-0.39, 0.29) is 17.3 Å². The third-order valence-corrected chi connectivity index (χ3v) is 4.67. The fraction of sp³-hybridized carbons (Fsp3) is 0.0833. The summed E-state index contributed by atoms with van der Waals surface area (Å²) in [5, 5.41) is 4.08. The lowest BCUT2D eigenvalue weighted by atomic mass is 10.1. The summed E-state index contributed by atoms with van der Waals surface area (Å²) < 4.78 is 45.8. The predicted molar refractivity (Wildman–Crippen MR) is 113 cm³/mol. The van der Waals surface area contributed by atoms with Gasteiger partial charge in [-0.15, -0.1) is 5.10 Å². The second kappa shape index (κ2) is 9.07. The molecule has 0 saturated carbocycles. The van der Waals surface area contributed by atoms with Crippen LogP contribution < -0.4 is 0 Å². The molecule has 1 heterocycles. The Balaban J connectivity index is 1.66. The van der Waals surface area contributed by atoms with E-state index in [0.29, 0.717) is 11.1 Å². The molecule has 33 heavy (non-hydrogen) atoms. The molecule has 0 N–H and O–H groups in total. The first-order chi connectivity index (χ1) is 15.8. The van der Waals surface area contributed by atoms with E-state index in [1.54, 1.807) is 60.7 Å². The highest BCUT2D eigenvalue weighted by Gasteiger charge is 2.31. The second-order valence-electron chi connectivity index (χ2n) is 6.95. The number of hydrogen-bond acceptors (Lipinski definition) is 5. The van der Waals surface area contributed by atoms with Crippen LogP contribution in [0.15, 0.2) is 84.9 Å².